The first-order chi connectivity index (χ1) is 8.99. The Balaban J connectivity index is 2.23. The van der Waals surface area contributed by atoms with Crippen LogP contribution in [0.15, 0.2) is 24.5 Å². The average molecular weight is 261 g/mol. The Hall–Kier alpha value is -1.88. The Morgan fingerprint density at radius 2 is 2.21 bits per heavy atom. The molecule has 102 valence electrons. The van der Waals surface area contributed by atoms with E-state index in [0.29, 0.717) is 11.6 Å². The van der Waals surface area contributed by atoms with Crippen molar-refractivity contribution >= 4 is 17.0 Å². The number of aromatic nitrogens is 2. The summed E-state index contributed by atoms with van der Waals surface area (Å²) >= 11 is 0. The minimum atomic E-state index is -0.908. The second-order valence-corrected chi connectivity index (χ2v) is 5.02. The molecule has 0 unspecified atom stereocenters. The molecule has 19 heavy (non-hydrogen) atoms. The topological polar surface area (TPSA) is 58.4 Å². The van der Waals surface area contributed by atoms with Gasteiger partial charge >= 0.3 is 5.97 Å². The van der Waals surface area contributed by atoms with Crippen molar-refractivity contribution in [1.82, 2.24) is 14.5 Å². The third-order valence-electron chi connectivity index (χ3n) is 3.44. The fourth-order valence-corrected chi connectivity index (χ4v) is 1.89. The van der Waals surface area contributed by atoms with E-state index in [1.807, 2.05) is 4.57 Å². The summed E-state index contributed by atoms with van der Waals surface area (Å²) in [6.07, 6.45) is 1.77. The molecule has 5 nitrogen and oxygen atoms in total. The molecule has 2 aromatic rings. The van der Waals surface area contributed by atoms with E-state index in [0.717, 1.165) is 24.1 Å². The number of benzene rings is 1. The number of nitrogens with zero attached hydrogens (tertiary/aromatic N) is 3. The van der Waals surface area contributed by atoms with Gasteiger partial charge in [0, 0.05) is 19.1 Å². The zero-order valence-electron chi connectivity index (χ0n) is 11.5. The SMILES string of the molecule is CC(C)N(C)CCn1cnc2ccc(C(=O)O)cc21. The molecular weight excluding hydrogens is 242 g/mol. The molecule has 0 aliphatic rings. The van der Waals surface area contributed by atoms with Crippen LogP contribution >= 0.6 is 0 Å². The molecule has 0 aliphatic carbocycles. The monoisotopic (exact) mass is 261 g/mol. The smallest absolute Gasteiger partial charge is 0.335 e. The fraction of sp³-hybridized carbons (Fsp3) is 0.429. The average Bonchev–Trinajstić information content (AvgIpc) is 2.77. The molecular formula is C14H19N3O2. The van der Waals surface area contributed by atoms with Crippen molar-refractivity contribution in [3.8, 4) is 0 Å². The van der Waals surface area contributed by atoms with Crippen LogP contribution in [0.4, 0.5) is 0 Å². The number of hydrogen-bond acceptors (Lipinski definition) is 3. The number of imidazole rings is 1. The largest absolute Gasteiger partial charge is 0.478 e. The normalized spacial score (nSPS) is 11.6. The second kappa shape index (κ2) is 5.40. The molecule has 2 rings (SSSR count). The van der Waals surface area contributed by atoms with Gasteiger partial charge in [-0.1, -0.05) is 0 Å². The van der Waals surface area contributed by atoms with Gasteiger partial charge in [-0.2, -0.15) is 0 Å². The summed E-state index contributed by atoms with van der Waals surface area (Å²) in [4.78, 5) is 17.5. The van der Waals surface area contributed by atoms with Gasteiger partial charge in [0.2, 0.25) is 0 Å². The van der Waals surface area contributed by atoms with E-state index in [-0.39, 0.29) is 0 Å². The van der Waals surface area contributed by atoms with Gasteiger partial charge < -0.3 is 14.6 Å². The van der Waals surface area contributed by atoms with E-state index in [9.17, 15) is 4.79 Å². The highest BCUT2D eigenvalue weighted by Gasteiger charge is 2.09. The molecule has 0 amide bonds. The van der Waals surface area contributed by atoms with E-state index in [2.05, 4.69) is 30.8 Å². The van der Waals surface area contributed by atoms with Crippen LogP contribution < -0.4 is 0 Å². The Kier molecular flexibility index (Phi) is 3.85. The lowest BCUT2D eigenvalue weighted by atomic mass is 10.2. The maximum absolute atomic E-state index is 11.0. The molecule has 0 atom stereocenters. The molecule has 0 spiro atoms. The van der Waals surface area contributed by atoms with Crippen LogP contribution in [0.25, 0.3) is 11.0 Å². The zero-order chi connectivity index (χ0) is 14.0. The Labute approximate surface area is 112 Å². The van der Waals surface area contributed by atoms with Crippen molar-refractivity contribution in [2.45, 2.75) is 26.4 Å². The van der Waals surface area contributed by atoms with Gasteiger partial charge in [-0.05, 0) is 39.1 Å². The van der Waals surface area contributed by atoms with Crippen molar-refractivity contribution in [3.63, 3.8) is 0 Å². The highest BCUT2D eigenvalue weighted by Crippen LogP contribution is 2.15. The molecule has 0 aliphatic heterocycles. The molecule has 0 bridgehead atoms. The third-order valence-corrected chi connectivity index (χ3v) is 3.44. The summed E-state index contributed by atoms with van der Waals surface area (Å²) in [5, 5.41) is 9.03. The predicted octanol–water partition coefficient (Wildman–Crippen LogP) is 2.07. The van der Waals surface area contributed by atoms with Crippen LogP contribution in [-0.4, -0.2) is 45.2 Å². The zero-order valence-corrected chi connectivity index (χ0v) is 11.5. The molecule has 1 N–H and O–H groups in total. The summed E-state index contributed by atoms with van der Waals surface area (Å²) in [5.74, 6) is -0.908. The lowest BCUT2D eigenvalue weighted by Gasteiger charge is -2.21. The molecule has 0 saturated heterocycles. The van der Waals surface area contributed by atoms with Gasteiger partial charge in [-0.3, -0.25) is 0 Å². The number of carbonyl (C=O) groups is 1. The van der Waals surface area contributed by atoms with E-state index in [1.165, 1.54) is 0 Å². The van der Waals surface area contributed by atoms with Crippen LogP contribution in [0.2, 0.25) is 0 Å². The fourth-order valence-electron chi connectivity index (χ4n) is 1.89. The van der Waals surface area contributed by atoms with Gasteiger partial charge in [-0.15, -0.1) is 0 Å². The first kappa shape index (κ1) is 13.5. The van der Waals surface area contributed by atoms with Crippen LogP contribution in [-0.2, 0) is 6.54 Å². The summed E-state index contributed by atoms with van der Waals surface area (Å²) < 4.78 is 2.00. The Morgan fingerprint density at radius 3 is 2.84 bits per heavy atom. The maximum atomic E-state index is 11.0. The number of rotatable bonds is 5. The van der Waals surface area contributed by atoms with Gasteiger partial charge in [0.1, 0.15) is 0 Å². The van der Waals surface area contributed by atoms with Crippen molar-refractivity contribution in [1.29, 1.82) is 0 Å². The number of fused-ring (bicyclic) bond motifs is 1. The minimum Gasteiger partial charge on any atom is -0.478 e. The van der Waals surface area contributed by atoms with Crippen molar-refractivity contribution in [2.75, 3.05) is 13.6 Å². The number of carboxylic acids is 1. The van der Waals surface area contributed by atoms with Crippen molar-refractivity contribution in [2.24, 2.45) is 0 Å². The standard InChI is InChI=1S/C14H19N3O2/c1-10(2)16(3)6-7-17-9-15-12-5-4-11(14(18)19)8-13(12)17/h4-5,8-10H,6-7H2,1-3H3,(H,18,19). The van der Waals surface area contributed by atoms with Gasteiger partial charge in [0.25, 0.3) is 0 Å². The highest BCUT2D eigenvalue weighted by molar-refractivity contribution is 5.92. The van der Waals surface area contributed by atoms with Crippen LogP contribution in [0, 0.1) is 0 Å². The first-order valence-electron chi connectivity index (χ1n) is 6.37. The molecule has 1 heterocycles. The van der Waals surface area contributed by atoms with Crippen LogP contribution in [0.3, 0.4) is 0 Å². The number of aromatic carboxylic acids is 1. The number of likely N-dealkylation sites (N-methyl/N-ethyl adjacent to an activating group) is 1. The van der Waals surface area contributed by atoms with Crippen molar-refractivity contribution < 1.29 is 9.90 Å². The van der Waals surface area contributed by atoms with Crippen LogP contribution in [0.5, 0.6) is 0 Å². The second-order valence-electron chi connectivity index (χ2n) is 5.02. The molecule has 0 fully saturated rings. The summed E-state index contributed by atoms with van der Waals surface area (Å²) in [7, 11) is 2.08. The van der Waals surface area contributed by atoms with Gasteiger partial charge in [0.05, 0.1) is 22.9 Å². The Bertz CT molecular complexity index is 589. The molecule has 0 saturated carbocycles. The van der Waals surface area contributed by atoms with Crippen molar-refractivity contribution in [3.05, 3.63) is 30.1 Å². The summed E-state index contributed by atoms with van der Waals surface area (Å²) in [5.41, 5.74) is 2.00. The summed E-state index contributed by atoms with van der Waals surface area (Å²) in [6, 6.07) is 5.51. The Morgan fingerprint density at radius 1 is 1.47 bits per heavy atom. The quantitative estimate of drug-likeness (QED) is 0.895. The highest BCUT2D eigenvalue weighted by atomic mass is 16.4. The number of carboxylic acid groups (broad SMARTS) is 1. The molecule has 0 radical (unpaired) electrons. The van der Waals surface area contributed by atoms with E-state index in [4.69, 9.17) is 5.11 Å². The minimum absolute atomic E-state index is 0.298. The summed E-state index contributed by atoms with van der Waals surface area (Å²) in [6.45, 7) is 6.00. The van der Waals surface area contributed by atoms with E-state index < -0.39 is 5.97 Å². The molecule has 1 aromatic carbocycles. The lowest BCUT2D eigenvalue weighted by molar-refractivity contribution is 0.0697. The van der Waals surface area contributed by atoms with Gasteiger partial charge in [0.15, 0.2) is 0 Å². The van der Waals surface area contributed by atoms with Gasteiger partial charge in [-0.25, -0.2) is 9.78 Å². The first-order valence-corrected chi connectivity index (χ1v) is 6.37. The van der Waals surface area contributed by atoms with Crippen LogP contribution in [0.1, 0.15) is 24.2 Å². The maximum Gasteiger partial charge on any atom is 0.335 e. The molecule has 5 heteroatoms. The van der Waals surface area contributed by atoms with E-state index in [1.54, 1.807) is 24.5 Å². The third kappa shape index (κ3) is 2.93. The number of hydrogen-bond donors (Lipinski definition) is 1. The molecule has 1 aromatic heterocycles. The predicted molar refractivity (Wildman–Crippen MR) is 74.5 cm³/mol. The lowest BCUT2D eigenvalue weighted by Crippen LogP contribution is -2.29. The van der Waals surface area contributed by atoms with E-state index >= 15 is 0 Å².